The van der Waals surface area contributed by atoms with E-state index in [-0.39, 0.29) is 10.8 Å². The molecule has 1 saturated carbocycles. The zero-order valence-electron chi connectivity index (χ0n) is 21.3. The van der Waals surface area contributed by atoms with E-state index in [0.29, 0.717) is 6.61 Å². The van der Waals surface area contributed by atoms with E-state index in [1.54, 1.807) is 23.1 Å². The first-order valence-electron chi connectivity index (χ1n) is 12.5. The summed E-state index contributed by atoms with van der Waals surface area (Å²) in [6.07, 6.45) is 4.19. The second kappa shape index (κ2) is 9.58. The number of ether oxygens (including phenoxy) is 1. The summed E-state index contributed by atoms with van der Waals surface area (Å²) in [6, 6.07) is 29.7. The van der Waals surface area contributed by atoms with Gasteiger partial charge in [0.15, 0.2) is 4.34 Å². The molecule has 1 fully saturated rings. The number of nitrogens with zero attached hydrogens (tertiary/aromatic N) is 3. The van der Waals surface area contributed by atoms with Crippen LogP contribution in [0.25, 0.3) is 21.5 Å². The molecule has 0 spiro atoms. The Morgan fingerprint density at radius 3 is 2.43 bits per heavy atom. The number of fused-ring (bicyclic) bond motifs is 1. The molecule has 3 aromatic carbocycles. The largest absolute Gasteiger partial charge is 0.487 e. The third-order valence-electron chi connectivity index (χ3n) is 7.25. The van der Waals surface area contributed by atoms with E-state index in [2.05, 4.69) is 84.7 Å². The molecule has 4 nitrogen and oxygen atoms in total. The monoisotopic (exact) mass is 523 g/mol. The van der Waals surface area contributed by atoms with Crippen molar-refractivity contribution >= 4 is 34.0 Å². The van der Waals surface area contributed by atoms with Crippen molar-refractivity contribution < 1.29 is 4.74 Å². The van der Waals surface area contributed by atoms with Crippen LogP contribution < -0.4 is 4.74 Å². The summed E-state index contributed by atoms with van der Waals surface area (Å²) in [5, 5.41) is 11.1. The van der Waals surface area contributed by atoms with Crippen molar-refractivity contribution in [3.63, 3.8) is 0 Å². The molecule has 5 aromatic rings. The molecule has 37 heavy (non-hydrogen) atoms. The maximum atomic E-state index is 6.35. The molecular weight excluding hydrogens is 494 g/mol. The van der Waals surface area contributed by atoms with Gasteiger partial charge in [-0.25, -0.2) is 4.98 Å². The van der Waals surface area contributed by atoms with Gasteiger partial charge < -0.3 is 4.74 Å². The average Bonchev–Trinajstić information content (AvgIpc) is 3.40. The summed E-state index contributed by atoms with van der Waals surface area (Å²) in [6.45, 7) is 5.13. The lowest BCUT2D eigenvalue weighted by Gasteiger charge is -2.54. The van der Waals surface area contributed by atoms with E-state index in [1.807, 2.05) is 30.5 Å². The van der Waals surface area contributed by atoms with Crippen LogP contribution >= 0.6 is 23.1 Å². The van der Waals surface area contributed by atoms with Crippen LogP contribution in [-0.2, 0) is 12.0 Å². The van der Waals surface area contributed by atoms with Crippen LogP contribution in [0.5, 0.6) is 5.75 Å². The van der Waals surface area contributed by atoms with Gasteiger partial charge >= 0.3 is 0 Å². The van der Waals surface area contributed by atoms with Crippen LogP contribution in [0.2, 0.25) is 0 Å². The summed E-state index contributed by atoms with van der Waals surface area (Å²) in [5.74, 6) is 0.850. The fraction of sp³-hybridized carbons (Fsp3) is 0.258. The van der Waals surface area contributed by atoms with Gasteiger partial charge in [0.1, 0.15) is 17.4 Å². The molecule has 0 atom stereocenters. The predicted molar refractivity (Wildman–Crippen MR) is 153 cm³/mol. The Kier molecular flexibility index (Phi) is 6.25. The van der Waals surface area contributed by atoms with Gasteiger partial charge in [0.25, 0.3) is 0 Å². The van der Waals surface area contributed by atoms with Gasteiger partial charge in [-0.2, -0.15) is 0 Å². The fourth-order valence-corrected chi connectivity index (χ4v) is 7.14. The van der Waals surface area contributed by atoms with Crippen LogP contribution in [-0.4, -0.2) is 21.4 Å². The molecule has 2 heterocycles. The highest BCUT2D eigenvalue weighted by Crippen LogP contribution is 2.60. The van der Waals surface area contributed by atoms with Gasteiger partial charge in [-0.3, -0.25) is 0 Å². The highest BCUT2D eigenvalue weighted by Gasteiger charge is 2.52. The van der Waals surface area contributed by atoms with E-state index in [9.17, 15) is 0 Å². The van der Waals surface area contributed by atoms with Crippen LogP contribution in [0.1, 0.15) is 43.5 Å². The lowest BCUT2D eigenvalue weighted by Crippen LogP contribution is -2.47. The molecule has 6 rings (SSSR count). The number of hydrogen-bond acceptors (Lipinski definition) is 6. The molecular formula is C31H29N3OS2. The molecule has 1 aliphatic carbocycles. The lowest BCUT2D eigenvalue weighted by atomic mass is 9.49. The molecule has 0 radical (unpaired) electrons. The third-order valence-corrected chi connectivity index (χ3v) is 9.18. The van der Waals surface area contributed by atoms with Crippen LogP contribution in [0.4, 0.5) is 0 Å². The van der Waals surface area contributed by atoms with Crippen molar-refractivity contribution in [3.05, 3.63) is 102 Å². The summed E-state index contributed by atoms with van der Waals surface area (Å²) >= 11 is 3.29. The van der Waals surface area contributed by atoms with Crippen molar-refractivity contribution in [3.8, 4) is 16.3 Å². The number of aromatic nitrogens is 3. The van der Waals surface area contributed by atoms with Gasteiger partial charge in [-0.15, -0.1) is 10.2 Å². The summed E-state index contributed by atoms with van der Waals surface area (Å²) < 4.78 is 7.33. The number of hydrogen-bond donors (Lipinski definition) is 0. The van der Waals surface area contributed by atoms with E-state index in [0.717, 1.165) is 50.1 Å². The number of thioether (sulfide) groups is 1. The minimum absolute atomic E-state index is 0.0914. The van der Waals surface area contributed by atoms with Crippen LogP contribution in [0.3, 0.4) is 0 Å². The Morgan fingerprint density at radius 2 is 1.68 bits per heavy atom. The molecule has 0 aliphatic heterocycles. The molecule has 1 aliphatic rings. The van der Waals surface area contributed by atoms with Crippen molar-refractivity contribution in [2.75, 3.05) is 6.26 Å². The van der Waals surface area contributed by atoms with Gasteiger partial charge in [0.2, 0.25) is 0 Å². The Morgan fingerprint density at radius 1 is 0.892 bits per heavy atom. The number of pyridine rings is 1. The number of benzene rings is 3. The third kappa shape index (κ3) is 4.64. The molecule has 0 saturated heterocycles. The van der Waals surface area contributed by atoms with E-state index in [4.69, 9.17) is 9.72 Å². The second-order valence-electron chi connectivity index (χ2n) is 10.5. The van der Waals surface area contributed by atoms with Gasteiger partial charge in [0.05, 0.1) is 11.2 Å². The van der Waals surface area contributed by atoms with E-state index < -0.39 is 0 Å². The highest BCUT2D eigenvalue weighted by molar-refractivity contribution is 8.00. The Balaban J connectivity index is 1.40. The topological polar surface area (TPSA) is 47.9 Å². The highest BCUT2D eigenvalue weighted by atomic mass is 32.2. The van der Waals surface area contributed by atoms with Gasteiger partial charge in [-0.05, 0) is 66.0 Å². The zero-order chi connectivity index (χ0) is 25.5. The van der Waals surface area contributed by atoms with Crippen molar-refractivity contribution in [1.29, 1.82) is 0 Å². The Labute approximate surface area is 226 Å². The molecule has 0 N–H and O–H groups in total. The molecule has 0 bridgehead atoms. The minimum atomic E-state index is -0.0914. The molecule has 0 unspecified atom stereocenters. The molecule has 0 amide bonds. The van der Waals surface area contributed by atoms with Crippen molar-refractivity contribution in [2.45, 2.75) is 43.1 Å². The maximum absolute atomic E-state index is 6.35. The average molecular weight is 524 g/mol. The van der Waals surface area contributed by atoms with Crippen LogP contribution in [0, 0.1) is 5.41 Å². The van der Waals surface area contributed by atoms with E-state index >= 15 is 0 Å². The molecule has 2 aromatic heterocycles. The fourth-order valence-electron chi connectivity index (χ4n) is 5.83. The predicted octanol–water partition coefficient (Wildman–Crippen LogP) is 8.16. The maximum Gasteiger partial charge on any atom is 0.174 e. The minimum Gasteiger partial charge on any atom is -0.487 e. The Bertz CT molecular complexity index is 1550. The van der Waals surface area contributed by atoms with E-state index in [1.165, 1.54) is 11.1 Å². The Hall–Kier alpha value is -3.22. The first-order valence-corrected chi connectivity index (χ1v) is 14.6. The number of rotatable bonds is 7. The summed E-state index contributed by atoms with van der Waals surface area (Å²) in [4.78, 5) is 4.79. The zero-order valence-corrected chi connectivity index (χ0v) is 22.9. The normalized spacial score (nSPS) is 15.9. The lowest BCUT2D eigenvalue weighted by molar-refractivity contribution is 0.0884. The van der Waals surface area contributed by atoms with Crippen molar-refractivity contribution in [2.24, 2.45) is 5.41 Å². The second-order valence-corrected chi connectivity index (χ2v) is 12.6. The van der Waals surface area contributed by atoms with Crippen molar-refractivity contribution in [1.82, 2.24) is 15.2 Å². The number of para-hydroxylation sites is 1. The summed E-state index contributed by atoms with van der Waals surface area (Å²) in [5.41, 5.74) is 5.84. The summed E-state index contributed by atoms with van der Waals surface area (Å²) in [7, 11) is 0. The first-order chi connectivity index (χ1) is 18.0. The van der Waals surface area contributed by atoms with Gasteiger partial charge in [0, 0.05) is 16.4 Å². The molecule has 186 valence electrons. The SMILES string of the molecule is CSc1nnc(-c2ccc(OCc3ccc4ccccc4n3)cc2C2(c3ccccc3)CC(C)(C)C2)s1. The van der Waals surface area contributed by atoms with Crippen LogP contribution in [0.15, 0.2) is 89.3 Å². The smallest absolute Gasteiger partial charge is 0.174 e. The standard InChI is InChI=1S/C31H29N3OS2/c1-30(2)19-31(20-30,22-10-5-4-6-11-22)26-17-24(15-16-25(26)28-33-34-29(36-3)37-28)35-18-23-14-13-21-9-7-8-12-27(21)32-23/h4-17H,18-20H2,1-3H3. The van der Waals surface area contributed by atoms with Gasteiger partial charge in [-0.1, -0.05) is 91.5 Å². The first kappa shape index (κ1) is 24.1. The quantitative estimate of drug-likeness (QED) is 0.201. The molecule has 6 heteroatoms.